The Morgan fingerprint density at radius 3 is 2.67 bits per heavy atom. The summed E-state index contributed by atoms with van der Waals surface area (Å²) < 4.78 is 5.46. The molecule has 0 atom stereocenters. The van der Waals surface area contributed by atoms with E-state index in [9.17, 15) is 4.79 Å². The Balaban J connectivity index is 2.89. The van der Waals surface area contributed by atoms with Gasteiger partial charge < -0.3 is 16.2 Å². The van der Waals surface area contributed by atoms with Crippen molar-refractivity contribution < 1.29 is 9.53 Å². The van der Waals surface area contributed by atoms with Crippen LogP contribution in [0.25, 0.3) is 0 Å². The summed E-state index contributed by atoms with van der Waals surface area (Å²) >= 11 is 0. The Kier molecular flexibility index (Phi) is 3.55. The van der Waals surface area contributed by atoms with Crippen molar-refractivity contribution in [1.82, 2.24) is 0 Å². The van der Waals surface area contributed by atoms with E-state index < -0.39 is 5.91 Å². The smallest absolute Gasteiger partial charge is 0.250 e. The van der Waals surface area contributed by atoms with Gasteiger partial charge in [0.15, 0.2) is 0 Å². The van der Waals surface area contributed by atoms with Gasteiger partial charge in [-0.2, -0.15) is 0 Å². The highest BCUT2D eigenvalue weighted by Gasteiger charge is 2.10. The van der Waals surface area contributed by atoms with Gasteiger partial charge in [-0.25, -0.2) is 0 Å². The Morgan fingerprint density at radius 1 is 1.47 bits per heavy atom. The third kappa shape index (κ3) is 2.87. The summed E-state index contributed by atoms with van der Waals surface area (Å²) in [6.45, 7) is 4.63. The molecule has 1 aromatic carbocycles. The molecule has 82 valence electrons. The summed E-state index contributed by atoms with van der Waals surface area (Å²) in [5.74, 6) is 0.379. The fourth-order valence-electron chi connectivity index (χ4n) is 1.14. The van der Waals surface area contributed by atoms with Gasteiger partial charge in [-0.15, -0.1) is 0 Å². The molecule has 1 aromatic rings. The van der Waals surface area contributed by atoms with E-state index in [1.807, 2.05) is 13.8 Å². The van der Waals surface area contributed by atoms with Crippen LogP contribution in [0, 0.1) is 5.92 Å². The lowest BCUT2D eigenvalue weighted by molar-refractivity contribution is 0.100. The molecular formula is C11H16N2O2. The lowest BCUT2D eigenvalue weighted by atomic mass is 10.1. The largest absolute Gasteiger partial charge is 0.491 e. The summed E-state index contributed by atoms with van der Waals surface area (Å²) in [5, 5.41) is 0. The average molecular weight is 208 g/mol. The van der Waals surface area contributed by atoms with E-state index in [4.69, 9.17) is 16.2 Å². The van der Waals surface area contributed by atoms with Crippen LogP contribution in [0.15, 0.2) is 18.2 Å². The van der Waals surface area contributed by atoms with Crippen LogP contribution in [0.2, 0.25) is 0 Å². The molecule has 0 saturated heterocycles. The lowest BCUT2D eigenvalue weighted by Crippen LogP contribution is -2.14. The molecule has 0 saturated carbocycles. The maximum atomic E-state index is 11.0. The quantitative estimate of drug-likeness (QED) is 0.734. The highest BCUT2D eigenvalue weighted by molar-refractivity contribution is 5.99. The summed E-state index contributed by atoms with van der Waals surface area (Å²) in [6, 6.07) is 5.01. The van der Waals surface area contributed by atoms with Gasteiger partial charge in [0.05, 0.1) is 17.9 Å². The third-order valence-corrected chi connectivity index (χ3v) is 1.90. The van der Waals surface area contributed by atoms with Crippen molar-refractivity contribution in [1.29, 1.82) is 0 Å². The molecule has 0 unspecified atom stereocenters. The second kappa shape index (κ2) is 4.68. The number of ether oxygens (including phenoxy) is 1. The predicted molar refractivity (Wildman–Crippen MR) is 59.7 cm³/mol. The van der Waals surface area contributed by atoms with Crippen LogP contribution in [0.5, 0.6) is 5.75 Å². The third-order valence-electron chi connectivity index (χ3n) is 1.90. The second-order valence-corrected chi connectivity index (χ2v) is 3.79. The number of benzene rings is 1. The van der Waals surface area contributed by atoms with E-state index in [0.717, 1.165) is 0 Å². The Morgan fingerprint density at radius 2 is 2.13 bits per heavy atom. The summed E-state index contributed by atoms with van der Waals surface area (Å²) in [6.07, 6.45) is 0. The number of nitrogens with two attached hydrogens (primary N) is 2. The molecule has 1 rings (SSSR count). The van der Waals surface area contributed by atoms with Crippen molar-refractivity contribution >= 4 is 11.6 Å². The van der Waals surface area contributed by atoms with E-state index in [2.05, 4.69) is 0 Å². The minimum absolute atomic E-state index is 0.302. The van der Waals surface area contributed by atoms with Crippen LogP contribution in [0.1, 0.15) is 24.2 Å². The van der Waals surface area contributed by atoms with Gasteiger partial charge >= 0.3 is 0 Å². The summed E-state index contributed by atoms with van der Waals surface area (Å²) in [4.78, 5) is 11.0. The molecule has 0 heterocycles. The van der Waals surface area contributed by atoms with E-state index in [1.165, 1.54) is 0 Å². The van der Waals surface area contributed by atoms with Gasteiger partial charge in [-0.1, -0.05) is 19.9 Å². The molecule has 0 aliphatic carbocycles. The number of para-hydroxylation sites is 1. The van der Waals surface area contributed by atoms with E-state index in [0.29, 0.717) is 29.5 Å². The molecule has 4 nitrogen and oxygen atoms in total. The SMILES string of the molecule is CC(C)COc1cccc(C(N)=O)c1N. The summed E-state index contributed by atoms with van der Waals surface area (Å²) in [5.41, 5.74) is 11.5. The first-order chi connectivity index (χ1) is 7.02. The van der Waals surface area contributed by atoms with Gasteiger partial charge in [0, 0.05) is 0 Å². The maximum Gasteiger partial charge on any atom is 0.250 e. The van der Waals surface area contributed by atoms with E-state index in [1.54, 1.807) is 18.2 Å². The first kappa shape index (κ1) is 11.4. The number of carbonyl (C=O) groups excluding carboxylic acids is 1. The minimum atomic E-state index is -0.539. The molecule has 0 fully saturated rings. The number of primary amides is 1. The van der Waals surface area contributed by atoms with Gasteiger partial charge in [-0.3, -0.25) is 4.79 Å². The van der Waals surface area contributed by atoms with Crippen LogP contribution >= 0.6 is 0 Å². The number of carbonyl (C=O) groups is 1. The average Bonchev–Trinajstić information content (AvgIpc) is 2.15. The number of amides is 1. The highest BCUT2D eigenvalue weighted by atomic mass is 16.5. The Bertz CT molecular complexity index is 362. The number of anilines is 1. The second-order valence-electron chi connectivity index (χ2n) is 3.79. The van der Waals surface area contributed by atoms with Crippen molar-refractivity contribution in [3.63, 3.8) is 0 Å². The van der Waals surface area contributed by atoms with Gasteiger partial charge in [0.2, 0.25) is 0 Å². The lowest BCUT2D eigenvalue weighted by Gasteiger charge is -2.12. The van der Waals surface area contributed by atoms with Crippen molar-refractivity contribution in [3.8, 4) is 5.75 Å². The molecule has 15 heavy (non-hydrogen) atoms. The fourth-order valence-corrected chi connectivity index (χ4v) is 1.14. The van der Waals surface area contributed by atoms with Crippen molar-refractivity contribution in [3.05, 3.63) is 23.8 Å². The number of hydrogen-bond donors (Lipinski definition) is 2. The molecule has 4 heteroatoms. The van der Waals surface area contributed by atoms with Crippen LogP contribution in [0.4, 0.5) is 5.69 Å². The summed E-state index contributed by atoms with van der Waals surface area (Å²) in [7, 11) is 0. The van der Waals surface area contributed by atoms with Crippen LogP contribution in [0.3, 0.4) is 0 Å². The Hall–Kier alpha value is -1.71. The first-order valence-electron chi connectivity index (χ1n) is 4.83. The van der Waals surface area contributed by atoms with E-state index >= 15 is 0 Å². The van der Waals surface area contributed by atoms with Crippen LogP contribution in [-0.4, -0.2) is 12.5 Å². The molecule has 0 aliphatic heterocycles. The highest BCUT2D eigenvalue weighted by Crippen LogP contribution is 2.25. The van der Waals surface area contributed by atoms with E-state index in [-0.39, 0.29) is 0 Å². The minimum Gasteiger partial charge on any atom is -0.491 e. The zero-order chi connectivity index (χ0) is 11.4. The van der Waals surface area contributed by atoms with Crippen LogP contribution < -0.4 is 16.2 Å². The van der Waals surface area contributed by atoms with Crippen LogP contribution in [-0.2, 0) is 0 Å². The standard InChI is InChI=1S/C11H16N2O2/c1-7(2)6-15-9-5-3-4-8(10(9)12)11(13)14/h3-5,7H,6,12H2,1-2H3,(H2,13,14). The normalized spacial score (nSPS) is 10.3. The number of rotatable bonds is 4. The van der Waals surface area contributed by atoms with Crippen molar-refractivity contribution in [2.45, 2.75) is 13.8 Å². The van der Waals surface area contributed by atoms with Crippen molar-refractivity contribution in [2.75, 3.05) is 12.3 Å². The topological polar surface area (TPSA) is 78.3 Å². The fraction of sp³-hybridized carbons (Fsp3) is 0.364. The van der Waals surface area contributed by atoms with Gasteiger partial charge in [-0.05, 0) is 18.1 Å². The molecule has 0 aromatic heterocycles. The molecule has 1 amide bonds. The van der Waals surface area contributed by atoms with Gasteiger partial charge in [0.25, 0.3) is 5.91 Å². The first-order valence-corrected chi connectivity index (χ1v) is 4.83. The predicted octanol–water partition coefficient (Wildman–Crippen LogP) is 1.40. The Labute approximate surface area is 89.2 Å². The molecule has 0 spiro atoms. The van der Waals surface area contributed by atoms with Crippen molar-refractivity contribution in [2.24, 2.45) is 11.7 Å². The zero-order valence-electron chi connectivity index (χ0n) is 8.99. The number of hydrogen-bond acceptors (Lipinski definition) is 3. The molecule has 0 radical (unpaired) electrons. The molecule has 0 bridgehead atoms. The van der Waals surface area contributed by atoms with Gasteiger partial charge in [0.1, 0.15) is 5.75 Å². The molecule has 0 aliphatic rings. The zero-order valence-corrected chi connectivity index (χ0v) is 8.99. The molecular weight excluding hydrogens is 192 g/mol. The monoisotopic (exact) mass is 208 g/mol. The maximum absolute atomic E-state index is 11.0. The molecule has 4 N–H and O–H groups in total. The number of nitrogen functional groups attached to an aromatic ring is 1.